The number of sulfone groups is 1. The van der Waals surface area contributed by atoms with Gasteiger partial charge in [0, 0.05) is 6.26 Å². The molecule has 11 heteroatoms. The molecule has 43 heavy (non-hydrogen) atoms. The highest BCUT2D eigenvalue weighted by atomic mass is 32.2. The van der Waals surface area contributed by atoms with E-state index < -0.39 is 45.5 Å². The van der Waals surface area contributed by atoms with E-state index in [0.29, 0.717) is 31.2 Å². The lowest BCUT2D eigenvalue weighted by Crippen LogP contribution is -2.59. The number of ether oxygens (including phenoxy) is 2. The molecule has 0 radical (unpaired) electrons. The number of carbonyl (C=O) groups is 3. The average Bonchev–Trinajstić information content (AvgIpc) is 3.48. The first kappa shape index (κ1) is 31.7. The SMILES string of the molecule is CS(=O)(=O)c1ccc(C[C@H](NC(=O)OCc2ccccc2)[C@@H](O)C(=O)NC2(C(=O)OCc3ccccc3)CCCC2)cc1. The Hall–Kier alpha value is -4.22. The molecule has 1 fully saturated rings. The number of hydrogen-bond acceptors (Lipinski definition) is 8. The van der Waals surface area contributed by atoms with Gasteiger partial charge < -0.3 is 25.2 Å². The van der Waals surface area contributed by atoms with Gasteiger partial charge in [0.05, 0.1) is 10.9 Å². The molecule has 2 amide bonds. The molecule has 0 aliphatic heterocycles. The first-order valence-electron chi connectivity index (χ1n) is 14.0. The zero-order valence-electron chi connectivity index (χ0n) is 23.9. The van der Waals surface area contributed by atoms with Gasteiger partial charge in [-0.15, -0.1) is 0 Å². The number of aliphatic hydroxyl groups excluding tert-OH is 1. The molecule has 3 aromatic rings. The second-order valence-corrected chi connectivity index (χ2v) is 12.7. The molecule has 4 rings (SSSR count). The molecule has 3 N–H and O–H groups in total. The lowest BCUT2D eigenvalue weighted by molar-refractivity contribution is -0.156. The van der Waals surface area contributed by atoms with E-state index in [9.17, 15) is 27.9 Å². The van der Waals surface area contributed by atoms with Gasteiger partial charge in [-0.2, -0.15) is 0 Å². The van der Waals surface area contributed by atoms with Crippen molar-refractivity contribution in [1.82, 2.24) is 10.6 Å². The predicted octanol–water partition coefficient (Wildman–Crippen LogP) is 3.46. The molecule has 0 saturated heterocycles. The standard InChI is InChI=1S/C32H36N2O8S/c1-43(39,40)26-16-14-23(15-17-26)20-27(33-31(38)42-22-25-12-6-3-7-13-25)28(35)29(36)34-32(18-8-9-19-32)30(37)41-21-24-10-4-2-5-11-24/h2-7,10-17,27-28,35H,8-9,18-22H2,1H3,(H,33,38)(H,34,36)/t27-,28+/m0/s1. The molecule has 1 saturated carbocycles. The predicted molar refractivity (Wildman–Crippen MR) is 158 cm³/mol. The smallest absolute Gasteiger partial charge is 0.407 e. The second-order valence-electron chi connectivity index (χ2n) is 10.7. The van der Waals surface area contributed by atoms with Gasteiger partial charge in [0.2, 0.25) is 0 Å². The van der Waals surface area contributed by atoms with Crippen molar-refractivity contribution >= 4 is 27.8 Å². The van der Waals surface area contributed by atoms with E-state index in [2.05, 4.69) is 10.6 Å². The van der Waals surface area contributed by atoms with E-state index in [0.717, 1.165) is 17.4 Å². The van der Waals surface area contributed by atoms with Gasteiger partial charge >= 0.3 is 12.1 Å². The topological polar surface area (TPSA) is 148 Å². The van der Waals surface area contributed by atoms with Crippen LogP contribution in [-0.2, 0) is 48.5 Å². The summed E-state index contributed by atoms with van der Waals surface area (Å²) in [7, 11) is -3.43. The maximum atomic E-state index is 13.4. The van der Waals surface area contributed by atoms with Gasteiger partial charge in [-0.1, -0.05) is 85.6 Å². The Labute approximate surface area is 251 Å². The molecule has 10 nitrogen and oxygen atoms in total. The number of rotatable bonds is 12. The van der Waals surface area contributed by atoms with Crippen molar-refractivity contribution in [1.29, 1.82) is 0 Å². The van der Waals surface area contributed by atoms with Crippen molar-refractivity contribution in [2.24, 2.45) is 0 Å². The minimum atomic E-state index is -3.43. The second kappa shape index (κ2) is 14.3. The van der Waals surface area contributed by atoms with E-state index in [-0.39, 0.29) is 24.5 Å². The number of amides is 2. The number of esters is 1. The van der Waals surface area contributed by atoms with Crippen LogP contribution in [0.2, 0.25) is 0 Å². The summed E-state index contributed by atoms with van der Waals surface area (Å²) in [6.07, 6.45) is 0.530. The van der Waals surface area contributed by atoms with Crippen molar-refractivity contribution in [2.45, 2.75) is 67.9 Å². The molecule has 0 heterocycles. The van der Waals surface area contributed by atoms with E-state index in [1.54, 1.807) is 36.4 Å². The van der Waals surface area contributed by atoms with Gasteiger partial charge in [-0.3, -0.25) is 4.79 Å². The Morgan fingerprint density at radius 3 is 1.88 bits per heavy atom. The normalized spacial score (nSPS) is 15.6. The molecule has 1 aliphatic carbocycles. The van der Waals surface area contributed by atoms with Crippen LogP contribution in [0.1, 0.15) is 42.4 Å². The third kappa shape index (κ3) is 8.89. The van der Waals surface area contributed by atoms with E-state index in [4.69, 9.17) is 9.47 Å². The fraction of sp³-hybridized carbons (Fsp3) is 0.344. The first-order chi connectivity index (χ1) is 20.6. The Morgan fingerprint density at radius 1 is 0.814 bits per heavy atom. The van der Waals surface area contributed by atoms with Gasteiger partial charge in [0.1, 0.15) is 18.8 Å². The van der Waals surface area contributed by atoms with Gasteiger partial charge in [0.15, 0.2) is 15.9 Å². The summed E-state index contributed by atoms with van der Waals surface area (Å²) in [5, 5.41) is 16.5. The van der Waals surface area contributed by atoms with Crippen LogP contribution in [0.5, 0.6) is 0 Å². The number of alkyl carbamates (subject to hydrolysis) is 1. The highest BCUT2D eigenvalue weighted by Gasteiger charge is 2.45. The number of aliphatic hydroxyl groups is 1. The van der Waals surface area contributed by atoms with E-state index in [1.807, 2.05) is 36.4 Å². The van der Waals surface area contributed by atoms with Crippen LogP contribution in [0.3, 0.4) is 0 Å². The van der Waals surface area contributed by atoms with Crippen LogP contribution < -0.4 is 10.6 Å². The van der Waals surface area contributed by atoms with E-state index >= 15 is 0 Å². The molecule has 0 bridgehead atoms. The number of benzene rings is 3. The van der Waals surface area contributed by atoms with Crippen LogP contribution in [0, 0.1) is 0 Å². The summed E-state index contributed by atoms with van der Waals surface area (Å²) in [5.74, 6) is -1.43. The fourth-order valence-electron chi connectivity index (χ4n) is 5.00. The van der Waals surface area contributed by atoms with Gasteiger partial charge in [-0.25, -0.2) is 18.0 Å². The van der Waals surface area contributed by atoms with Crippen LogP contribution in [0.4, 0.5) is 4.79 Å². The molecule has 1 aliphatic rings. The highest BCUT2D eigenvalue weighted by Crippen LogP contribution is 2.31. The Bertz CT molecular complexity index is 1490. The first-order valence-corrected chi connectivity index (χ1v) is 15.9. The van der Waals surface area contributed by atoms with Crippen molar-refractivity contribution in [3.05, 3.63) is 102 Å². The van der Waals surface area contributed by atoms with Gasteiger partial charge in [0.25, 0.3) is 5.91 Å². The number of carbonyl (C=O) groups excluding carboxylic acids is 3. The lowest BCUT2D eigenvalue weighted by atomic mass is 9.95. The molecule has 2 atom stereocenters. The molecular weight excluding hydrogens is 572 g/mol. The number of hydrogen-bond donors (Lipinski definition) is 3. The highest BCUT2D eigenvalue weighted by molar-refractivity contribution is 7.90. The third-order valence-electron chi connectivity index (χ3n) is 7.40. The monoisotopic (exact) mass is 608 g/mol. The Morgan fingerprint density at radius 2 is 1.35 bits per heavy atom. The summed E-state index contributed by atoms with van der Waals surface area (Å²) < 4.78 is 34.6. The van der Waals surface area contributed by atoms with Crippen LogP contribution in [0.25, 0.3) is 0 Å². The zero-order valence-corrected chi connectivity index (χ0v) is 24.7. The number of nitrogens with one attached hydrogen (secondary N) is 2. The van der Waals surface area contributed by atoms with Crippen LogP contribution in [0.15, 0.2) is 89.8 Å². The van der Waals surface area contributed by atoms with Gasteiger partial charge in [-0.05, 0) is 48.1 Å². The minimum Gasteiger partial charge on any atom is -0.459 e. The third-order valence-corrected chi connectivity index (χ3v) is 8.52. The van der Waals surface area contributed by atoms with Crippen LogP contribution in [-0.4, -0.2) is 55.4 Å². The molecular formula is C32H36N2O8S. The fourth-order valence-corrected chi connectivity index (χ4v) is 5.63. The Balaban J connectivity index is 1.48. The van der Waals surface area contributed by atoms with Crippen LogP contribution >= 0.6 is 0 Å². The molecule has 0 spiro atoms. The molecule has 3 aromatic carbocycles. The summed E-state index contributed by atoms with van der Waals surface area (Å²) in [6, 6.07) is 22.9. The zero-order chi connectivity index (χ0) is 30.9. The summed E-state index contributed by atoms with van der Waals surface area (Å²) in [5.41, 5.74) is 0.810. The molecule has 0 unspecified atom stereocenters. The average molecular weight is 609 g/mol. The lowest BCUT2D eigenvalue weighted by Gasteiger charge is -2.31. The maximum absolute atomic E-state index is 13.4. The van der Waals surface area contributed by atoms with Crippen molar-refractivity contribution in [3.8, 4) is 0 Å². The maximum Gasteiger partial charge on any atom is 0.407 e. The van der Waals surface area contributed by atoms with Crippen molar-refractivity contribution in [3.63, 3.8) is 0 Å². The largest absolute Gasteiger partial charge is 0.459 e. The van der Waals surface area contributed by atoms with Crippen molar-refractivity contribution < 1.29 is 37.4 Å². The summed E-state index contributed by atoms with van der Waals surface area (Å²) in [6.45, 7) is 0.0157. The quantitative estimate of drug-likeness (QED) is 0.265. The molecule has 0 aromatic heterocycles. The minimum absolute atomic E-state index is 0.0233. The van der Waals surface area contributed by atoms with E-state index in [1.165, 1.54) is 12.1 Å². The Kier molecular flexibility index (Phi) is 10.5. The molecule has 228 valence electrons. The summed E-state index contributed by atoms with van der Waals surface area (Å²) >= 11 is 0. The van der Waals surface area contributed by atoms with Crippen molar-refractivity contribution in [2.75, 3.05) is 6.26 Å². The summed E-state index contributed by atoms with van der Waals surface area (Å²) in [4.78, 5) is 39.5.